The van der Waals surface area contributed by atoms with Gasteiger partial charge in [0.15, 0.2) is 0 Å². The van der Waals surface area contributed by atoms with Crippen molar-refractivity contribution < 1.29 is 8.78 Å². The number of pyridine rings is 1. The molecule has 0 amide bonds. The SMILES string of the molecule is CCCNC(Cc1cccc(Cl)c1F)c1ccc(F)cn1. The van der Waals surface area contributed by atoms with Gasteiger partial charge >= 0.3 is 0 Å². The number of benzene rings is 1. The number of nitrogens with zero attached hydrogens (tertiary/aromatic N) is 1. The molecular formula is C16H17ClF2N2. The van der Waals surface area contributed by atoms with Crippen molar-refractivity contribution in [3.63, 3.8) is 0 Å². The van der Waals surface area contributed by atoms with Gasteiger partial charge in [0.05, 0.1) is 23.0 Å². The topological polar surface area (TPSA) is 24.9 Å². The summed E-state index contributed by atoms with van der Waals surface area (Å²) in [7, 11) is 0. The van der Waals surface area contributed by atoms with E-state index >= 15 is 0 Å². The van der Waals surface area contributed by atoms with E-state index in [9.17, 15) is 8.78 Å². The van der Waals surface area contributed by atoms with Crippen LogP contribution in [-0.4, -0.2) is 11.5 Å². The van der Waals surface area contributed by atoms with Crippen LogP contribution < -0.4 is 5.32 Å². The maximum Gasteiger partial charge on any atom is 0.145 e. The lowest BCUT2D eigenvalue weighted by Crippen LogP contribution is -2.25. The average molecular weight is 311 g/mol. The minimum atomic E-state index is -0.412. The zero-order valence-electron chi connectivity index (χ0n) is 11.7. The lowest BCUT2D eigenvalue weighted by atomic mass is 10.0. The summed E-state index contributed by atoms with van der Waals surface area (Å²) in [5, 5.41) is 3.41. The maximum atomic E-state index is 14.0. The molecule has 0 saturated heterocycles. The standard InChI is InChI=1S/C16H17ClF2N2/c1-2-8-20-15(14-7-6-12(18)10-21-14)9-11-4-3-5-13(17)16(11)19/h3-7,10,15,20H,2,8-9H2,1H3. The normalized spacial score (nSPS) is 12.4. The van der Waals surface area contributed by atoms with E-state index in [0.717, 1.165) is 13.0 Å². The van der Waals surface area contributed by atoms with Crippen LogP contribution in [0, 0.1) is 11.6 Å². The lowest BCUT2D eigenvalue weighted by Gasteiger charge is -2.18. The number of rotatable bonds is 6. The number of hydrogen-bond acceptors (Lipinski definition) is 2. The summed E-state index contributed by atoms with van der Waals surface area (Å²) in [5.74, 6) is -0.800. The van der Waals surface area contributed by atoms with Gasteiger partial charge < -0.3 is 5.32 Å². The summed E-state index contributed by atoms with van der Waals surface area (Å²) in [6.45, 7) is 2.81. The van der Waals surface area contributed by atoms with Crippen LogP contribution in [-0.2, 0) is 6.42 Å². The molecule has 21 heavy (non-hydrogen) atoms. The highest BCUT2D eigenvalue weighted by Gasteiger charge is 2.16. The van der Waals surface area contributed by atoms with E-state index in [2.05, 4.69) is 10.3 Å². The van der Waals surface area contributed by atoms with Gasteiger partial charge in [-0.2, -0.15) is 0 Å². The molecule has 0 aliphatic heterocycles. The smallest absolute Gasteiger partial charge is 0.145 e. The summed E-state index contributed by atoms with van der Waals surface area (Å²) < 4.78 is 27.0. The summed E-state index contributed by atoms with van der Waals surface area (Å²) in [6, 6.07) is 7.73. The minimum Gasteiger partial charge on any atom is -0.308 e. The monoisotopic (exact) mass is 310 g/mol. The molecule has 0 spiro atoms. The predicted molar refractivity (Wildman–Crippen MR) is 80.3 cm³/mol. The Kier molecular flexibility index (Phi) is 5.65. The maximum absolute atomic E-state index is 14.0. The quantitative estimate of drug-likeness (QED) is 0.860. The Labute approximate surface area is 128 Å². The van der Waals surface area contributed by atoms with Crippen LogP contribution in [0.3, 0.4) is 0 Å². The van der Waals surface area contributed by atoms with Crippen LogP contribution >= 0.6 is 11.6 Å². The van der Waals surface area contributed by atoms with Crippen molar-refractivity contribution >= 4 is 11.6 Å². The fraction of sp³-hybridized carbons (Fsp3) is 0.312. The molecular weight excluding hydrogens is 294 g/mol. The van der Waals surface area contributed by atoms with E-state index in [4.69, 9.17) is 11.6 Å². The third-order valence-corrected chi connectivity index (χ3v) is 3.50. The molecule has 0 aliphatic carbocycles. The summed E-state index contributed by atoms with van der Waals surface area (Å²) >= 11 is 5.81. The first kappa shape index (κ1) is 15.9. The van der Waals surface area contributed by atoms with Crippen LogP contribution in [0.25, 0.3) is 0 Å². The van der Waals surface area contributed by atoms with Crippen LogP contribution in [0.2, 0.25) is 5.02 Å². The molecule has 2 nitrogen and oxygen atoms in total. The third kappa shape index (κ3) is 4.22. The fourth-order valence-corrected chi connectivity index (χ4v) is 2.31. The van der Waals surface area contributed by atoms with Gasteiger partial charge in [-0.1, -0.05) is 30.7 Å². The van der Waals surface area contributed by atoms with Crippen molar-refractivity contribution in [1.82, 2.24) is 10.3 Å². The van der Waals surface area contributed by atoms with E-state index in [1.165, 1.54) is 18.3 Å². The van der Waals surface area contributed by atoms with Gasteiger partial charge in [-0.25, -0.2) is 8.78 Å². The number of aromatic nitrogens is 1. The number of halogens is 3. The Balaban J connectivity index is 2.23. The molecule has 0 aliphatic rings. The molecule has 1 N–H and O–H groups in total. The van der Waals surface area contributed by atoms with Gasteiger partial charge in [0.1, 0.15) is 11.6 Å². The first-order chi connectivity index (χ1) is 10.1. The minimum absolute atomic E-state index is 0.105. The third-order valence-electron chi connectivity index (χ3n) is 3.20. The van der Waals surface area contributed by atoms with Gasteiger partial charge in [-0.15, -0.1) is 0 Å². The molecule has 5 heteroatoms. The molecule has 0 bridgehead atoms. The van der Waals surface area contributed by atoms with Crippen molar-refractivity contribution in [3.8, 4) is 0 Å². The Hall–Kier alpha value is -1.52. The van der Waals surface area contributed by atoms with Crippen molar-refractivity contribution in [2.75, 3.05) is 6.54 Å². The summed E-state index contributed by atoms with van der Waals surface area (Å²) in [4.78, 5) is 4.09. The number of nitrogens with one attached hydrogen (secondary N) is 1. The zero-order chi connectivity index (χ0) is 15.2. The zero-order valence-corrected chi connectivity index (χ0v) is 12.5. The predicted octanol–water partition coefficient (Wildman–Crippen LogP) is 4.30. The Bertz CT molecular complexity index is 587. The van der Waals surface area contributed by atoms with Gasteiger partial charge in [-0.05, 0) is 43.1 Å². The fourth-order valence-electron chi connectivity index (χ4n) is 2.12. The van der Waals surface area contributed by atoms with Gasteiger partial charge in [-0.3, -0.25) is 4.98 Å². The van der Waals surface area contributed by atoms with Crippen LogP contribution in [0.4, 0.5) is 8.78 Å². The highest BCUT2D eigenvalue weighted by atomic mass is 35.5. The van der Waals surface area contributed by atoms with Crippen molar-refractivity contribution in [2.24, 2.45) is 0 Å². The second kappa shape index (κ2) is 7.48. The van der Waals surface area contributed by atoms with Crippen LogP contribution in [0.15, 0.2) is 36.5 Å². The highest BCUT2D eigenvalue weighted by Crippen LogP contribution is 2.23. The van der Waals surface area contributed by atoms with Gasteiger partial charge in [0.25, 0.3) is 0 Å². The first-order valence-corrected chi connectivity index (χ1v) is 7.27. The van der Waals surface area contributed by atoms with Crippen molar-refractivity contribution in [3.05, 3.63) is 64.4 Å². The molecule has 112 valence electrons. The summed E-state index contributed by atoms with van der Waals surface area (Å²) in [5.41, 5.74) is 1.20. The van der Waals surface area contributed by atoms with Gasteiger partial charge in [0.2, 0.25) is 0 Å². The molecule has 2 aromatic rings. The first-order valence-electron chi connectivity index (χ1n) is 6.89. The Morgan fingerprint density at radius 3 is 2.71 bits per heavy atom. The molecule has 0 radical (unpaired) electrons. The molecule has 1 aromatic carbocycles. The van der Waals surface area contributed by atoms with E-state index in [-0.39, 0.29) is 16.9 Å². The second-order valence-corrected chi connectivity index (χ2v) is 5.23. The number of hydrogen-bond donors (Lipinski definition) is 1. The van der Waals surface area contributed by atoms with Crippen LogP contribution in [0.5, 0.6) is 0 Å². The van der Waals surface area contributed by atoms with Gasteiger partial charge in [0, 0.05) is 0 Å². The Morgan fingerprint density at radius 1 is 1.24 bits per heavy atom. The van der Waals surface area contributed by atoms with Crippen molar-refractivity contribution in [1.29, 1.82) is 0 Å². The van der Waals surface area contributed by atoms with E-state index in [1.54, 1.807) is 18.2 Å². The molecule has 1 atom stereocenters. The highest BCUT2D eigenvalue weighted by molar-refractivity contribution is 6.30. The Morgan fingerprint density at radius 2 is 2.05 bits per heavy atom. The lowest BCUT2D eigenvalue weighted by molar-refractivity contribution is 0.501. The van der Waals surface area contributed by atoms with E-state index in [0.29, 0.717) is 17.7 Å². The van der Waals surface area contributed by atoms with E-state index in [1.807, 2.05) is 6.92 Å². The average Bonchev–Trinajstić information content (AvgIpc) is 2.49. The molecule has 2 rings (SSSR count). The molecule has 0 saturated carbocycles. The second-order valence-electron chi connectivity index (χ2n) is 4.83. The molecule has 0 fully saturated rings. The van der Waals surface area contributed by atoms with E-state index < -0.39 is 5.82 Å². The molecule has 1 unspecified atom stereocenters. The molecule has 1 aromatic heterocycles. The van der Waals surface area contributed by atoms with Crippen molar-refractivity contribution in [2.45, 2.75) is 25.8 Å². The molecule has 1 heterocycles. The van der Waals surface area contributed by atoms with Crippen LogP contribution in [0.1, 0.15) is 30.6 Å². The largest absolute Gasteiger partial charge is 0.308 e. The summed E-state index contributed by atoms with van der Waals surface area (Å²) in [6.07, 6.45) is 2.52.